The van der Waals surface area contributed by atoms with Gasteiger partial charge in [-0.05, 0) is 39.5 Å². The second-order valence-corrected chi connectivity index (χ2v) is 3.75. The largest absolute Gasteiger partial charge is 0.383 e. The summed E-state index contributed by atoms with van der Waals surface area (Å²) >= 11 is 0. The highest BCUT2D eigenvalue weighted by atomic mass is 16.5. The van der Waals surface area contributed by atoms with E-state index < -0.39 is 0 Å². The van der Waals surface area contributed by atoms with Crippen molar-refractivity contribution in [3.8, 4) is 0 Å². The molecule has 0 amide bonds. The zero-order chi connectivity index (χ0) is 10.6. The van der Waals surface area contributed by atoms with E-state index in [0.29, 0.717) is 0 Å². The van der Waals surface area contributed by atoms with Crippen LogP contribution >= 0.6 is 0 Å². The molecule has 0 rings (SSSR count). The highest BCUT2D eigenvalue weighted by Gasteiger charge is 1.96. The van der Waals surface area contributed by atoms with Crippen LogP contribution in [0.1, 0.15) is 26.2 Å². The summed E-state index contributed by atoms with van der Waals surface area (Å²) in [5.74, 6) is 0. The maximum Gasteiger partial charge on any atom is 0.0587 e. The molecule has 14 heavy (non-hydrogen) atoms. The van der Waals surface area contributed by atoms with Gasteiger partial charge in [0.25, 0.3) is 0 Å². The average molecular weight is 202 g/mol. The second-order valence-electron chi connectivity index (χ2n) is 3.75. The van der Waals surface area contributed by atoms with E-state index in [1.807, 2.05) is 0 Å². The summed E-state index contributed by atoms with van der Waals surface area (Å²) in [5.41, 5.74) is 0. The molecule has 3 nitrogen and oxygen atoms in total. The molecular weight excluding hydrogens is 176 g/mol. The van der Waals surface area contributed by atoms with Crippen molar-refractivity contribution in [3.63, 3.8) is 0 Å². The van der Waals surface area contributed by atoms with Gasteiger partial charge < -0.3 is 15.0 Å². The fourth-order valence-electron chi connectivity index (χ4n) is 1.31. The molecule has 0 radical (unpaired) electrons. The third-order valence-electron chi connectivity index (χ3n) is 2.27. The fourth-order valence-corrected chi connectivity index (χ4v) is 1.31. The molecule has 0 aromatic heterocycles. The lowest BCUT2D eigenvalue weighted by Gasteiger charge is -2.15. The summed E-state index contributed by atoms with van der Waals surface area (Å²) in [6.45, 7) is 7.54. The molecule has 0 atom stereocenters. The van der Waals surface area contributed by atoms with Crippen molar-refractivity contribution in [2.45, 2.75) is 26.2 Å². The Hall–Kier alpha value is -0.120. The molecule has 0 aliphatic heterocycles. The Labute approximate surface area is 88.8 Å². The van der Waals surface area contributed by atoms with Gasteiger partial charge in [0.2, 0.25) is 0 Å². The standard InChI is InChI=1S/C11H26N2O/c1-4-5-9-13(2)10-6-7-12-8-11-14-3/h12H,4-11H2,1-3H3. The molecule has 0 saturated heterocycles. The SMILES string of the molecule is CCCCN(C)CCCNCCOC. The van der Waals surface area contributed by atoms with Gasteiger partial charge in [-0.2, -0.15) is 0 Å². The van der Waals surface area contributed by atoms with Gasteiger partial charge in [0.15, 0.2) is 0 Å². The van der Waals surface area contributed by atoms with Gasteiger partial charge in [-0.1, -0.05) is 13.3 Å². The van der Waals surface area contributed by atoms with E-state index in [0.717, 1.165) is 19.7 Å². The highest BCUT2D eigenvalue weighted by molar-refractivity contribution is 4.54. The molecule has 0 aliphatic rings. The highest BCUT2D eigenvalue weighted by Crippen LogP contribution is 1.92. The van der Waals surface area contributed by atoms with Crippen LogP contribution in [0.5, 0.6) is 0 Å². The lowest BCUT2D eigenvalue weighted by atomic mass is 10.3. The average Bonchev–Trinajstić information content (AvgIpc) is 2.20. The van der Waals surface area contributed by atoms with Crippen LogP contribution in [0, 0.1) is 0 Å². The van der Waals surface area contributed by atoms with Crippen molar-refractivity contribution in [2.75, 3.05) is 46.9 Å². The monoisotopic (exact) mass is 202 g/mol. The first-order valence-corrected chi connectivity index (χ1v) is 5.69. The molecule has 0 aromatic carbocycles. The van der Waals surface area contributed by atoms with Gasteiger partial charge in [0, 0.05) is 13.7 Å². The van der Waals surface area contributed by atoms with Gasteiger partial charge in [-0.15, -0.1) is 0 Å². The Morgan fingerprint density at radius 3 is 2.50 bits per heavy atom. The molecule has 0 unspecified atom stereocenters. The van der Waals surface area contributed by atoms with E-state index in [2.05, 4.69) is 24.2 Å². The molecule has 86 valence electrons. The van der Waals surface area contributed by atoms with E-state index in [4.69, 9.17) is 4.74 Å². The van der Waals surface area contributed by atoms with Crippen LogP contribution in [0.15, 0.2) is 0 Å². The van der Waals surface area contributed by atoms with Gasteiger partial charge in [-0.25, -0.2) is 0 Å². The Morgan fingerprint density at radius 2 is 1.86 bits per heavy atom. The number of nitrogens with one attached hydrogen (secondary N) is 1. The van der Waals surface area contributed by atoms with Gasteiger partial charge in [-0.3, -0.25) is 0 Å². The minimum atomic E-state index is 0.811. The number of hydrogen-bond donors (Lipinski definition) is 1. The number of nitrogens with zero attached hydrogens (tertiary/aromatic N) is 1. The molecule has 0 heterocycles. The van der Waals surface area contributed by atoms with E-state index in [-0.39, 0.29) is 0 Å². The van der Waals surface area contributed by atoms with E-state index in [9.17, 15) is 0 Å². The van der Waals surface area contributed by atoms with Crippen LogP contribution in [-0.2, 0) is 4.74 Å². The minimum absolute atomic E-state index is 0.811. The van der Waals surface area contributed by atoms with Crippen molar-refractivity contribution in [1.29, 1.82) is 0 Å². The lowest BCUT2D eigenvalue weighted by Crippen LogP contribution is -2.26. The fraction of sp³-hybridized carbons (Fsp3) is 1.00. The van der Waals surface area contributed by atoms with Crippen LogP contribution in [0.4, 0.5) is 0 Å². The van der Waals surface area contributed by atoms with Crippen molar-refractivity contribution in [1.82, 2.24) is 10.2 Å². The first-order chi connectivity index (χ1) is 6.81. The van der Waals surface area contributed by atoms with Crippen molar-refractivity contribution >= 4 is 0 Å². The van der Waals surface area contributed by atoms with Gasteiger partial charge in [0.1, 0.15) is 0 Å². The maximum atomic E-state index is 4.95. The first kappa shape index (κ1) is 13.9. The zero-order valence-corrected chi connectivity index (χ0v) is 10.0. The van der Waals surface area contributed by atoms with Crippen LogP contribution in [0.25, 0.3) is 0 Å². The van der Waals surface area contributed by atoms with E-state index in [1.54, 1.807) is 7.11 Å². The third-order valence-corrected chi connectivity index (χ3v) is 2.27. The molecule has 3 heteroatoms. The van der Waals surface area contributed by atoms with Gasteiger partial charge in [0.05, 0.1) is 6.61 Å². The number of hydrogen-bond acceptors (Lipinski definition) is 3. The van der Waals surface area contributed by atoms with Crippen molar-refractivity contribution < 1.29 is 4.74 Å². The Balaban J connectivity index is 3.02. The Morgan fingerprint density at radius 1 is 1.14 bits per heavy atom. The molecular formula is C11H26N2O. The second kappa shape index (κ2) is 11.0. The summed E-state index contributed by atoms with van der Waals surface area (Å²) in [6.07, 6.45) is 3.83. The molecule has 0 aromatic rings. The predicted molar refractivity (Wildman–Crippen MR) is 61.8 cm³/mol. The molecule has 0 bridgehead atoms. The summed E-state index contributed by atoms with van der Waals surface area (Å²) < 4.78 is 4.95. The van der Waals surface area contributed by atoms with Crippen molar-refractivity contribution in [2.24, 2.45) is 0 Å². The number of methoxy groups -OCH3 is 1. The predicted octanol–water partition coefficient (Wildman–Crippen LogP) is 1.34. The van der Waals surface area contributed by atoms with E-state index >= 15 is 0 Å². The molecule has 0 spiro atoms. The molecule has 0 fully saturated rings. The smallest absolute Gasteiger partial charge is 0.0587 e. The Kier molecular flexibility index (Phi) is 10.9. The molecule has 0 aliphatic carbocycles. The van der Waals surface area contributed by atoms with Crippen LogP contribution in [0.3, 0.4) is 0 Å². The quantitative estimate of drug-likeness (QED) is 0.541. The zero-order valence-electron chi connectivity index (χ0n) is 10.0. The van der Waals surface area contributed by atoms with Crippen molar-refractivity contribution in [3.05, 3.63) is 0 Å². The topological polar surface area (TPSA) is 24.5 Å². The Bertz CT molecular complexity index is 109. The minimum Gasteiger partial charge on any atom is -0.383 e. The number of unbranched alkanes of at least 4 members (excludes halogenated alkanes) is 1. The summed E-state index contributed by atoms with van der Waals surface area (Å²) in [5, 5.41) is 3.35. The lowest BCUT2D eigenvalue weighted by molar-refractivity contribution is 0.199. The number of rotatable bonds is 10. The normalized spacial score (nSPS) is 11.1. The van der Waals surface area contributed by atoms with E-state index in [1.165, 1.54) is 32.4 Å². The molecule has 1 N–H and O–H groups in total. The van der Waals surface area contributed by atoms with Crippen LogP contribution in [-0.4, -0.2) is 51.8 Å². The molecule has 0 saturated carbocycles. The summed E-state index contributed by atoms with van der Waals surface area (Å²) in [6, 6.07) is 0. The van der Waals surface area contributed by atoms with Gasteiger partial charge >= 0.3 is 0 Å². The van der Waals surface area contributed by atoms with Crippen LogP contribution < -0.4 is 5.32 Å². The number of ether oxygens (including phenoxy) is 1. The summed E-state index contributed by atoms with van der Waals surface area (Å²) in [4.78, 5) is 2.40. The maximum absolute atomic E-state index is 4.95. The van der Waals surface area contributed by atoms with Crippen LogP contribution in [0.2, 0.25) is 0 Å². The first-order valence-electron chi connectivity index (χ1n) is 5.69. The summed E-state index contributed by atoms with van der Waals surface area (Å²) in [7, 11) is 3.94. The third kappa shape index (κ3) is 9.96.